The van der Waals surface area contributed by atoms with Crippen LogP contribution in [0.4, 0.5) is 5.69 Å². The number of anilines is 1. The van der Waals surface area contributed by atoms with Crippen LogP contribution in [0.15, 0.2) is 39.4 Å². The maximum Gasteiger partial charge on any atom is 0.337 e. The van der Waals surface area contributed by atoms with Gasteiger partial charge in [-0.1, -0.05) is 0 Å². The summed E-state index contributed by atoms with van der Waals surface area (Å²) >= 11 is 3.09. The van der Waals surface area contributed by atoms with Gasteiger partial charge < -0.3 is 19.6 Å². The smallest absolute Gasteiger partial charge is 0.337 e. The van der Waals surface area contributed by atoms with Crippen LogP contribution in [-0.2, 0) is 4.74 Å². The number of benzene rings is 1. The van der Waals surface area contributed by atoms with E-state index >= 15 is 0 Å². The number of methoxy groups -OCH3 is 1. The zero-order valence-corrected chi connectivity index (χ0v) is 11.9. The number of carbonyl (C=O) groups is 2. The van der Waals surface area contributed by atoms with E-state index < -0.39 is 11.9 Å². The van der Waals surface area contributed by atoms with Gasteiger partial charge in [-0.15, -0.1) is 0 Å². The maximum absolute atomic E-state index is 11.8. The largest absolute Gasteiger partial charge is 0.506 e. The maximum atomic E-state index is 11.8. The molecule has 6 nitrogen and oxygen atoms in total. The second-order valence-corrected chi connectivity index (χ2v) is 4.56. The fraction of sp³-hybridized carbons (Fsp3) is 0.0769. The Kier molecular flexibility index (Phi) is 4.09. The topological polar surface area (TPSA) is 88.8 Å². The number of carbonyl (C=O) groups excluding carboxylic acids is 2. The molecular formula is C13H10BrNO5. The number of aromatic hydroxyl groups is 1. The van der Waals surface area contributed by atoms with Gasteiger partial charge in [0.15, 0.2) is 10.4 Å². The summed E-state index contributed by atoms with van der Waals surface area (Å²) in [4.78, 5) is 23.1. The van der Waals surface area contributed by atoms with E-state index in [0.717, 1.165) is 0 Å². The van der Waals surface area contributed by atoms with Gasteiger partial charge >= 0.3 is 5.97 Å². The summed E-state index contributed by atoms with van der Waals surface area (Å²) in [7, 11) is 1.24. The number of furan rings is 1. The van der Waals surface area contributed by atoms with E-state index in [1.807, 2.05) is 0 Å². The highest BCUT2D eigenvalue weighted by atomic mass is 79.9. The van der Waals surface area contributed by atoms with Crippen molar-refractivity contribution in [1.29, 1.82) is 0 Å². The Morgan fingerprint density at radius 3 is 2.60 bits per heavy atom. The quantitative estimate of drug-likeness (QED) is 0.663. The molecule has 0 unspecified atom stereocenters. The predicted octanol–water partition coefficient (Wildman–Crippen LogP) is 2.79. The van der Waals surface area contributed by atoms with Crippen LogP contribution in [0.25, 0.3) is 0 Å². The van der Waals surface area contributed by atoms with Crippen LogP contribution in [-0.4, -0.2) is 24.1 Å². The minimum Gasteiger partial charge on any atom is -0.506 e. The molecule has 7 heteroatoms. The van der Waals surface area contributed by atoms with Crippen molar-refractivity contribution in [2.45, 2.75) is 0 Å². The van der Waals surface area contributed by atoms with E-state index in [1.165, 1.54) is 31.4 Å². The molecule has 0 aliphatic heterocycles. The van der Waals surface area contributed by atoms with E-state index in [2.05, 4.69) is 26.0 Å². The lowest BCUT2D eigenvalue weighted by molar-refractivity contribution is 0.0600. The van der Waals surface area contributed by atoms with Crippen LogP contribution in [0.3, 0.4) is 0 Å². The van der Waals surface area contributed by atoms with Crippen molar-refractivity contribution < 1.29 is 23.8 Å². The second kappa shape index (κ2) is 5.79. The van der Waals surface area contributed by atoms with Crippen molar-refractivity contribution in [3.63, 3.8) is 0 Å². The highest BCUT2D eigenvalue weighted by Crippen LogP contribution is 2.25. The van der Waals surface area contributed by atoms with Crippen molar-refractivity contribution in [1.82, 2.24) is 0 Å². The van der Waals surface area contributed by atoms with Crippen molar-refractivity contribution in [3.05, 3.63) is 46.3 Å². The molecule has 0 spiro atoms. The third-order valence-corrected chi connectivity index (χ3v) is 2.89. The van der Waals surface area contributed by atoms with Crippen molar-refractivity contribution in [2.75, 3.05) is 12.4 Å². The van der Waals surface area contributed by atoms with Crippen LogP contribution in [0.2, 0.25) is 0 Å². The summed E-state index contributed by atoms with van der Waals surface area (Å²) in [5.74, 6) is -1.25. The zero-order valence-electron chi connectivity index (χ0n) is 10.3. The standard InChI is InChI=1S/C13H10BrNO5/c1-19-13(18)7-2-3-8(9(16)6-7)15-12(17)10-4-5-11(14)20-10/h2-6,16H,1H3,(H,15,17). The van der Waals surface area contributed by atoms with Crippen molar-refractivity contribution in [3.8, 4) is 5.75 Å². The Morgan fingerprint density at radius 1 is 1.30 bits per heavy atom. The summed E-state index contributed by atoms with van der Waals surface area (Å²) < 4.78 is 10.0. The normalized spacial score (nSPS) is 10.1. The van der Waals surface area contributed by atoms with E-state index in [9.17, 15) is 14.7 Å². The average Bonchev–Trinajstić information content (AvgIpc) is 2.86. The first-order valence-corrected chi connectivity index (χ1v) is 6.28. The van der Waals surface area contributed by atoms with Gasteiger partial charge in [-0.2, -0.15) is 0 Å². The molecule has 2 N–H and O–H groups in total. The number of esters is 1. The van der Waals surface area contributed by atoms with Crippen molar-refractivity contribution in [2.24, 2.45) is 0 Å². The van der Waals surface area contributed by atoms with Crippen LogP contribution >= 0.6 is 15.9 Å². The Balaban J connectivity index is 2.18. The molecule has 0 saturated carbocycles. The number of amides is 1. The molecule has 1 aromatic carbocycles. The Labute approximate surface area is 122 Å². The Bertz CT molecular complexity index is 665. The second-order valence-electron chi connectivity index (χ2n) is 3.78. The monoisotopic (exact) mass is 339 g/mol. The first-order chi connectivity index (χ1) is 9.51. The molecule has 0 bridgehead atoms. The third-order valence-electron chi connectivity index (χ3n) is 2.46. The van der Waals surface area contributed by atoms with Gasteiger partial charge in [0, 0.05) is 0 Å². The molecule has 0 aliphatic carbocycles. The lowest BCUT2D eigenvalue weighted by Crippen LogP contribution is -2.11. The van der Waals surface area contributed by atoms with Gasteiger partial charge in [0.05, 0.1) is 18.4 Å². The van der Waals surface area contributed by atoms with E-state index in [4.69, 9.17) is 4.42 Å². The number of ether oxygens (including phenoxy) is 1. The highest BCUT2D eigenvalue weighted by Gasteiger charge is 2.14. The minimum atomic E-state index is -0.576. The molecule has 104 valence electrons. The van der Waals surface area contributed by atoms with Crippen molar-refractivity contribution >= 4 is 33.5 Å². The van der Waals surface area contributed by atoms with Crippen LogP contribution in [0, 0.1) is 0 Å². The number of hydrogen-bond acceptors (Lipinski definition) is 5. The van der Waals surface area contributed by atoms with E-state index in [0.29, 0.717) is 4.67 Å². The molecule has 0 saturated heterocycles. The fourth-order valence-corrected chi connectivity index (χ4v) is 1.81. The lowest BCUT2D eigenvalue weighted by Gasteiger charge is -2.07. The summed E-state index contributed by atoms with van der Waals surface area (Å²) in [5.41, 5.74) is 0.346. The highest BCUT2D eigenvalue weighted by molar-refractivity contribution is 9.10. The summed E-state index contributed by atoms with van der Waals surface area (Å²) in [6.45, 7) is 0. The number of phenols is 1. The average molecular weight is 340 g/mol. The molecule has 0 radical (unpaired) electrons. The van der Waals surface area contributed by atoms with Crippen LogP contribution < -0.4 is 5.32 Å². The molecule has 1 heterocycles. The molecular weight excluding hydrogens is 330 g/mol. The molecule has 2 rings (SSSR count). The minimum absolute atomic E-state index is 0.0910. The summed E-state index contributed by atoms with van der Waals surface area (Å²) in [6, 6.07) is 7.10. The first-order valence-electron chi connectivity index (χ1n) is 5.49. The molecule has 0 aliphatic rings. The third kappa shape index (κ3) is 3.00. The summed E-state index contributed by atoms with van der Waals surface area (Å²) in [5, 5.41) is 12.2. The van der Waals surface area contributed by atoms with Crippen LogP contribution in [0.5, 0.6) is 5.75 Å². The Morgan fingerprint density at radius 2 is 2.05 bits per heavy atom. The first kappa shape index (κ1) is 14.1. The molecule has 0 fully saturated rings. The molecule has 1 aromatic heterocycles. The number of phenolic OH excluding ortho intramolecular Hbond substituents is 1. The number of nitrogens with one attached hydrogen (secondary N) is 1. The van der Waals surface area contributed by atoms with Gasteiger partial charge in [-0.05, 0) is 46.3 Å². The predicted molar refractivity (Wildman–Crippen MR) is 73.8 cm³/mol. The SMILES string of the molecule is COC(=O)c1ccc(NC(=O)c2ccc(Br)o2)c(O)c1. The lowest BCUT2D eigenvalue weighted by atomic mass is 10.2. The molecule has 1 amide bonds. The van der Waals surface area contributed by atoms with Crippen LogP contribution in [0.1, 0.15) is 20.9 Å². The van der Waals surface area contributed by atoms with E-state index in [-0.39, 0.29) is 22.8 Å². The zero-order chi connectivity index (χ0) is 14.7. The van der Waals surface area contributed by atoms with Gasteiger partial charge in [-0.25, -0.2) is 4.79 Å². The number of hydrogen-bond donors (Lipinski definition) is 2. The van der Waals surface area contributed by atoms with Gasteiger partial charge in [0.2, 0.25) is 0 Å². The molecule has 2 aromatic rings. The van der Waals surface area contributed by atoms with Gasteiger partial charge in [0.25, 0.3) is 5.91 Å². The fourth-order valence-electron chi connectivity index (χ4n) is 1.50. The summed E-state index contributed by atoms with van der Waals surface area (Å²) in [6.07, 6.45) is 0. The van der Waals surface area contributed by atoms with E-state index in [1.54, 1.807) is 6.07 Å². The number of rotatable bonds is 3. The molecule has 20 heavy (non-hydrogen) atoms. The Hall–Kier alpha value is -2.28. The van der Waals surface area contributed by atoms with Gasteiger partial charge in [-0.3, -0.25) is 4.79 Å². The molecule has 0 atom stereocenters. The van der Waals surface area contributed by atoms with Gasteiger partial charge in [0.1, 0.15) is 5.75 Å². The number of halogens is 1.